The number of unbranched alkanes of at least 4 members (excludes halogenated alkanes) is 1. The molecule has 0 aromatic heterocycles. The Labute approximate surface area is 83.6 Å². The summed E-state index contributed by atoms with van der Waals surface area (Å²) in [6.45, 7) is 0.779. The van der Waals surface area contributed by atoms with E-state index in [1.165, 1.54) is 5.23 Å². The maximum Gasteiger partial charge on any atom is 0.0942 e. The highest BCUT2D eigenvalue weighted by molar-refractivity contribution is 4.39. The van der Waals surface area contributed by atoms with Gasteiger partial charge in [-0.1, -0.05) is 5.23 Å². The molecule has 0 fully saturated rings. The van der Waals surface area contributed by atoms with E-state index in [1.54, 1.807) is 0 Å². The molecular weight excluding hydrogens is 190 g/mol. The lowest BCUT2D eigenvalue weighted by Crippen LogP contribution is -2.28. The van der Waals surface area contributed by atoms with Crippen molar-refractivity contribution < 1.29 is 25.0 Å². The third kappa shape index (κ3) is 8.36. The molecule has 0 aliphatic rings. The smallest absolute Gasteiger partial charge is 0.0942 e. The second kappa shape index (κ2) is 10.8. The minimum Gasteiger partial charge on any atom is -0.396 e. The largest absolute Gasteiger partial charge is 0.396 e. The highest BCUT2D eigenvalue weighted by atomic mass is 16.9. The van der Waals surface area contributed by atoms with Gasteiger partial charge in [0.2, 0.25) is 0 Å². The van der Waals surface area contributed by atoms with E-state index in [4.69, 9.17) is 25.0 Å². The number of nitrogens with zero attached hydrogens (tertiary/aromatic N) is 1. The van der Waals surface area contributed by atoms with Crippen molar-refractivity contribution in [3.63, 3.8) is 0 Å². The molecule has 0 aromatic rings. The zero-order chi connectivity index (χ0) is 10.6. The van der Waals surface area contributed by atoms with E-state index in [0.717, 1.165) is 6.42 Å². The van der Waals surface area contributed by atoms with Crippen LogP contribution in [0.5, 0.6) is 0 Å². The second-order valence-electron chi connectivity index (χ2n) is 2.60. The molecule has 14 heavy (non-hydrogen) atoms. The quantitative estimate of drug-likeness (QED) is 0.313. The van der Waals surface area contributed by atoms with Crippen molar-refractivity contribution in [2.45, 2.75) is 12.8 Å². The van der Waals surface area contributed by atoms with Crippen molar-refractivity contribution in [2.75, 3.05) is 39.6 Å². The molecule has 6 heteroatoms. The maximum atomic E-state index is 8.55. The van der Waals surface area contributed by atoms with E-state index in [2.05, 4.69) is 0 Å². The van der Waals surface area contributed by atoms with Gasteiger partial charge in [0.05, 0.1) is 33.0 Å². The van der Waals surface area contributed by atoms with Crippen LogP contribution in [0.2, 0.25) is 0 Å². The summed E-state index contributed by atoms with van der Waals surface area (Å²) in [5.74, 6) is 0. The SMILES string of the molecule is OCCCCN(OCCO)OCCO. The third-order valence-corrected chi connectivity index (χ3v) is 1.40. The lowest BCUT2D eigenvalue weighted by molar-refractivity contribution is -0.371. The topological polar surface area (TPSA) is 82.4 Å². The predicted octanol–water partition coefficient (Wildman–Crippen LogP) is -1.09. The van der Waals surface area contributed by atoms with Crippen LogP contribution in [0.1, 0.15) is 12.8 Å². The van der Waals surface area contributed by atoms with Crippen LogP contribution in [-0.4, -0.2) is 60.1 Å². The van der Waals surface area contributed by atoms with Gasteiger partial charge in [0.15, 0.2) is 0 Å². The molecule has 3 N–H and O–H groups in total. The Morgan fingerprint density at radius 2 is 1.36 bits per heavy atom. The molecule has 0 aliphatic heterocycles. The number of rotatable bonds is 10. The molecule has 0 radical (unpaired) electrons. The van der Waals surface area contributed by atoms with Gasteiger partial charge in [-0.15, -0.1) is 0 Å². The van der Waals surface area contributed by atoms with E-state index < -0.39 is 0 Å². The summed E-state index contributed by atoms with van der Waals surface area (Å²) in [5.41, 5.74) is 0. The molecule has 0 aliphatic carbocycles. The Balaban J connectivity index is 3.49. The monoisotopic (exact) mass is 209 g/mol. The number of hydroxylamine groups is 2. The van der Waals surface area contributed by atoms with E-state index in [9.17, 15) is 0 Å². The molecule has 6 nitrogen and oxygen atoms in total. The first kappa shape index (κ1) is 13.8. The van der Waals surface area contributed by atoms with Crippen molar-refractivity contribution in [3.8, 4) is 0 Å². The molecule has 0 spiro atoms. The van der Waals surface area contributed by atoms with Crippen molar-refractivity contribution in [1.29, 1.82) is 0 Å². The molecule has 0 rings (SSSR count). The first-order valence-corrected chi connectivity index (χ1v) is 4.71. The minimum absolute atomic E-state index is 0.0843. The molecule has 0 aromatic carbocycles. The highest BCUT2D eigenvalue weighted by Crippen LogP contribution is 1.97. The van der Waals surface area contributed by atoms with Crippen LogP contribution in [0, 0.1) is 0 Å². The fourth-order valence-corrected chi connectivity index (χ4v) is 0.804. The van der Waals surface area contributed by atoms with E-state index in [-0.39, 0.29) is 33.0 Å². The van der Waals surface area contributed by atoms with Crippen LogP contribution < -0.4 is 0 Å². The van der Waals surface area contributed by atoms with Gasteiger partial charge in [-0.25, -0.2) is 0 Å². The Morgan fingerprint density at radius 1 is 0.786 bits per heavy atom. The van der Waals surface area contributed by atoms with Gasteiger partial charge in [-0.05, 0) is 12.8 Å². The van der Waals surface area contributed by atoms with Crippen LogP contribution in [0.3, 0.4) is 0 Å². The van der Waals surface area contributed by atoms with Gasteiger partial charge in [-0.3, -0.25) is 9.68 Å². The minimum atomic E-state index is -0.0843. The molecule has 0 saturated heterocycles. The fourth-order valence-electron chi connectivity index (χ4n) is 0.804. The molecular formula is C8H19NO5. The van der Waals surface area contributed by atoms with E-state index >= 15 is 0 Å². The number of hydrogen-bond donors (Lipinski definition) is 3. The molecule has 0 atom stereocenters. The summed E-state index contributed by atoms with van der Waals surface area (Å²) in [5, 5.41) is 26.8. The Bertz CT molecular complexity index is 106. The van der Waals surface area contributed by atoms with Crippen LogP contribution in [-0.2, 0) is 9.68 Å². The first-order valence-electron chi connectivity index (χ1n) is 4.71. The summed E-state index contributed by atoms with van der Waals surface area (Å²) in [6.07, 6.45) is 1.40. The average Bonchev–Trinajstić information content (AvgIpc) is 2.21. The van der Waals surface area contributed by atoms with Crippen molar-refractivity contribution in [1.82, 2.24) is 5.23 Å². The summed E-state index contributed by atoms with van der Waals surface area (Å²) in [6, 6.07) is 0. The van der Waals surface area contributed by atoms with Crippen molar-refractivity contribution >= 4 is 0 Å². The number of hydrogen-bond acceptors (Lipinski definition) is 6. The molecule has 0 bridgehead atoms. The fraction of sp³-hybridized carbons (Fsp3) is 1.00. The van der Waals surface area contributed by atoms with Crippen molar-refractivity contribution in [2.24, 2.45) is 0 Å². The van der Waals surface area contributed by atoms with Gasteiger partial charge in [0, 0.05) is 6.61 Å². The Morgan fingerprint density at radius 3 is 1.79 bits per heavy atom. The van der Waals surface area contributed by atoms with Gasteiger partial charge < -0.3 is 15.3 Å². The van der Waals surface area contributed by atoms with Crippen LogP contribution in [0.25, 0.3) is 0 Å². The van der Waals surface area contributed by atoms with E-state index in [1.807, 2.05) is 0 Å². The lowest BCUT2D eigenvalue weighted by atomic mass is 10.3. The highest BCUT2D eigenvalue weighted by Gasteiger charge is 2.04. The number of aliphatic hydroxyl groups is 3. The standard InChI is InChI=1S/C8H19NO5/c10-4-2-1-3-9(13-7-5-11)14-8-6-12/h10-12H,1-8H2. The van der Waals surface area contributed by atoms with Gasteiger partial charge in [0.1, 0.15) is 0 Å². The first-order chi connectivity index (χ1) is 6.85. The van der Waals surface area contributed by atoms with Crippen molar-refractivity contribution in [3.05, 3.63) is 0 Å². The Kier molecular flexibility index (Phi) is 10.7. The number of aliphatic hydroxyl groups excluding tert-OH is 3. The van der Waals surface area contributed by atoms with Crippen LogP contribution in [0.15, 0.2) is 0 Å². The van der Waals surface area contributed by atoms with Crippen LogP contribution in [0.4, 0.5) is 0 Å². The lowest BCUT2D eigenvalue weighted by Gasteiger charge is -2.19. The molecule has 0 amide bonds. The molecule has 0 saturated carbocycles. The second-order valence-corrected chi connectivity index (χ2v) is 2.60. The summed E-state index contributed by atoms with van der Waals surface area (Å²) < 4.78 is 0. The summed E-state index contributed by atoms with van der Waals surface area (Å²) >= 11 is 0. The molecule has 86 valence electrons. The normalized spacial score (nSPS) is 11.1. The zero-order valence-corrected chi connectivity index (χ0v) is 8.26. The molecule has 0 unspecified atom stereocenters. The average molecular weight is 209 g/mol. The summed E-state index contributed by atoms with van der Waals surface area (Å²) in [4.78, 5) is 10.0. The third-order valence-electron chi connectivity index (χ3n) is 1.40. The van der Waals surface area contributed by atoms with Gasteiger partial charge in [0.25, 0.3) is 0 Å². The van der Waals surface area contributed by atoms with Gasteiger partial charge >= 0.3 is 0 Å². The Hall–Kier alpha value is -0.240. The van der Waals surface area contributed by atoms with E-state index in [0.29, 0.717) is 13.0 Å². The zero-order valence-electron chi connectivity index (χ0n) is 8.26. The summed E-state index contributed by atoms with van der Waals surface area (Å²) in [7, 11) is 0. The molecule has 0 heterocycles. The maximum absolute atomic E-state index is 8.55. The van der Waals surface area contributed by atoms with Gasteiger partial charge in [-0.2, -0.15) is 0 Å². The predicted molar refractivity (Wildman–Crippen MR) is 49.1 cm³/mol. The van der Waals surface area contributed by atoms with Crippen LogP contribution >= 0.6 is 0 Å².